The summed E-state index contributed by atoms with van der Waals surface area (Å²) in [7, 11) is -2.84. The molecule has 5 heteroatoms. The van der Waals surface area contributed by atoms with Gasteiger partial charge in [-0.3, -0.25) is 9.78 Å². The number of amides is 1. The molecule has 1 N–H and O–H groups in total. The van der Waals surface area contributed by atoms with Gasteiger partial charge in [0, 0.05) is 16.3 Å². The Bertz CT molecular complexity index is 839. The summed E-state index contributed by atoms with van der Waals surface area (Å²) < 4.78 is 14.0. The maximum Gasteiger partial charge on any atom is 0.207 e. The lowest BCUT2D eigenvalue weighted by Crippen LogP contribution is -2.18. The van der Waals surface area contributed by atoms with E-state index in [1.807, 2.05) is 78.9 Å². The zero-order chi connectivity index (χ0) is 17.5. The van der Waals surface area contributed by atoms with Gasteiger partial charge in [0.2, 0.25) is 6.41 Å². The molecule has 0 saturated heterocycles. The number of pyridine rings is 1. The van der Waals surface area contributed by atoms with Gasteiger partial charge in [0.25, 0.3) is 0 Å². The Morgan fingerprint density at radius 2 is 1.36 bits per heavy atom. The van der Waals surface area contributed by atoms with Crippen LogP contribution in [0.5, 0.6) is 0 Å². The van der Waals surface area contributed by atoms with E-state index in [4.69, 9.17) is 0 Å². The first-order valence-corrected chi connectivity index (χ1v) is 9.94. The van der Waals surface area contributed by atoms with E-state index < -0.39 is 7.14 Å². The SMILES string of the molecule is O=CNCc1cccc(CP(=O)(c2ccccc2)c2ccccc2)n1. The topological polar surface area (TPSA) is 59.1 Å². The van der Waals surface area contributed by atoms with E-state index in [2.05, 4.69) is 10.3 Å². The second kappa shape index (κ2) is 7.91. The minimum atomic E-state index is -2.84. The van der Waals surface area contributed by atoms with Crippen LogP contribution in [-0.4, -0.2) is 11.4 Å². The van der Waals surface area contributed by atoms with Crippen LogP contribution < -0.4 is 15.9 Å². The summed E-state index contributed by atoms with van der Waals surface area (Å²) in [5, 5.41) is 4.24. The van der Waals surface area contributed by atoms with Crippen LogP contribution >= 0.6 is 7.14 Å². The van der Waals surface area contributed by atoms with Gasteiger partial charge >= 0.3 is 0 Å². The average Bonchev–Trinajstić information content (AvgIpc) is 2.68. The zero-order valence-electron chi connectivity index (χ0n) is 13.7. The van der Waals surface area contributed by atoms with Gasteiger partial charge in [-0.2, -0.15) is 0 Å². The van der Waals surface area contributed by atoms with Gasteiger partial charge in [0.05, 0.1) is 18.4 Å². The molecule has 3 aromatic rings. The molecule has 0 atom stereocenters. The Balaban J connectivity index is 2.00. The van der Waals surface area contributed by atoms with Crippen LogP contribution in [-0.2, 0) is 22.1 Å². The molecule has 0 unspecified atom stereocenters. The van der Waals surface area contributed by atoms with Crippen molar-refractivity contribution >= 4 is 24.2 Å². The molecule has 0 bridgehead atoms. The predicted octanol–water partition coefficient (Wildman–Crippen LogP) is 2.84. The molecule has 1 heterocycles. The maximum absolute atomic E-state index is 14.0. The van der Waals surface area contributed by atoms with E-state index in [0.717, 1.165) is 22.0 Å². The summed E-state index contributed by atoms with van der Waals surface area (Å²) in [4.78, 5) is 15.0. The number of nitrogens with zero attached hydrogens (tertiary/aromatic N) is 1. The standard InChI is InChI=1S/C20H19N2O2P/c23-16-21-14-17-8-7-9-18(22-17)15-25(24,19-10-3-1-4-11-19)20-12-5-2-6-13-20/h1-13,16H,14-15H2,(H,21,23). The molecular weight excluding hydrogens is 331 g/mol. The number of benzene rings is 2. The normalized spacial score (nSPS) is 11.0. The van der Waals surface area contributed by atoms with Crippen LogP contribution in [0.4, 0.5) is 0 Å². The van der Waals surface area contributed by atoms with Gasteiger partial charge in [0.1, 0.15) is 7.14 Å². The zero-order valence-corrected chi connectivity index (χ0v) is 14.6. The second-order valence-electron chi connectivity index (χ2n) is 5.69. The highest BCUT2D eigenvalue weighted by Gasteiger charge is 2.28. The first-order chi connectivity index (χ1) is 12.2. The molecular formula is C20H19N2O2P. The van der Waals surface area contributed by atoms with Gasteiger partial charge in [-0.15, -0.1) is 0 Å². The van der Waals surface area contributed by atoms with Crippen molar-refractivity contribution in [3.63, 3.8) is 0 Å². The Kier molecular flexibility index (Phi) is 5.42. The third kappa shape index (κ3) is 4.04. The van der Waals surface area contributed by atoms with Gasteiger partial charge in [-0.1, -0.05) is 66.7 Å². The van der Waals surface area contributed by atoms with Gasteiger partial charge < -0.3 is 9.88 Å². The fourth-order valence-electron chi connectivity index (χ4n) is 2.76. The summed E-state index contributed by atoms with van der Waals surface area (Å²) in [6.45, 7) is 0.359. The summed E-state index contributed by atoms with van der Waals surface area (Å²) in [5.41, 5.74) is 1.50. The molecule has 0 fully saturated rings. The number of carbonyl (C=O) groups excluding carboxylic acids is 1. The molecule has 1 aromatic heterocycles. The lowest BCUT2D eigenvalue weighted by atomic mass is 10.3. The number of hydrogen-bond donors (Lipinski definition) is 1. The summed E-state index contributed by atoms with van der Waals surface area (Å²) >= 11 is 0. The largest absolute Gasteiger partial charge is 0.353 e. The molecule has 4 nitrogen and oxygen atoms in total. The van der Waals surface area contributed by atoms with Crippen LogP contribution in [0.3, 0.4) is 0 Å². The highest BCUT2D eigenvalue weighted by Crippen LogP contribution is 2.46. The highest BCUT2D eigenvalue weighted by molar-refractivity contribution is 7.78. The van der Waals surface area contributed by atoms with Gasteiger partial charge in [-0.25, -0.2) is 0 Å². The first kappa shape index (κ1) is 17.1. The van der Waals surface area contributed by atoms with Crippen molar-refractivity contribution in [1.29, 1.82) is 0 Å². The molecule has 3 rings (SSSR count). The molecule has 2 aromatic carbocycles. The molecule has 0 aliphatic carbocycles. The predicted molar refractivity (Wildman–Crippen MR) is 101 cm³/mol. The fraction of sp³-hybridized carbons (Fsp3) is 0.100. The van der Waals surface area contributed by atoms with E-state index in [-0.39, 0.29) is 0 Å². The third-order valence-corrected chi connectivity index (χ3v) is 7.00. The third-order valence-electron chi connectivity index (χ3n) is 3.96. The molecule has 25 heavy (non-hydrogen) atoms. The molecule has 0 spiro atoms. The number of carbonyl (C=O) groups is 1. The number of aromatic nitrogens is 1. The monoisotopic (exact) mass is 350 g/mol. The minimum Gasteiger partial charge on any atom is -0.353 e. The second-order valence-corrected chi connectivity index (χ2v) is 8.52. The molecule has 0 saturated carbocycles. The van der Waals surface area contributed by atoms with Crippen molar-refractivity contribution in [1.82, 2.24) is 10.3 Å². The lowest BCUT2D eigenvalue weighted by Gasteiger charge is -2.19. The first-order valence-electron chi connectivity index (χ1n) is 8.04. The van der Waals surface area contributed by atoms with E-state index in [1.54, 1.807) is 0 Å². The maximum atomic E-state index is 14.0. The summed E-state index contributed by atoms with van der Waals surface area (Å²) in [6.07, 6.45) is 0.989. The Morgan fingerprint density at radius 1 is 0.800 bits per heavy atom. The smallest absolute Gasteiger partial charge is 0.207 e. The van der Waals surface area contributed by atoms with Crippen molar-refractivity contribution < 1.29 is 9.36 Å². The lowest BCUT2D eigenvalue weighted by molar-refractivity contribution is -0.109. The Hall–Kier alpha value is -2.71. The molecule has 1 amide bonds. The van der Waals surface area contributed by atoms with Crippen LogP contribution in [0.1, 0.15) is 11.4 Å². The Labute approximate surface area is 147 Å². The van der Waals surface area contributed by atoms with Crippen molar-refractivity contribution in [2.24, 2.45) is 0 Å². The van der Waals surface area contributed by atoms with Crippen molar-refractivity contribution in [3.8, 4) is 0 Å². The van der Waals surface area contributed by atoms with Crippen molar-refractivity contribution in [2.75, 3.05) is 0 Å². The van der Waals surface area contributed by atoms with Crippen molar-refractivity contribution in [3.05, 3.63) is 90.3 Å². The minimum absolute atomic E-state index is 0.343. The number of nitrogens with one attached hydrogen (secondary N) is 1. The molecule has 0 aliphatic rings. The van der Waals surface area contributed by atoms with E-state index in [0.29, 0.717) is 19.1 Å². The molecule has 0 aliphatic heterocycles. The highest BCUT2D eigenvalue weighted by atomic mass is 31.2. The number of hydrogen-bond acceptors (Lipinski definition) is 3. The fourth-order valence-corrected chi connectivity index (χ4v) is 5.36. The molecule has 126 valence electrons. The summed E-state index contributed by atoms with van der Waals surface area (Å²) in [5.74, 6) is 0. The summed E-state index contributed by atoms with van der Waals surface area (Å²) in [6, 6.07) is 24.7. The quantitative estimate of drug-likeness (QED) is 0.527. The number of rotatable bonds is 7. The van der Waals surface area contributed by atoms with Gasteiger partial charge in [-0.05, 0) is 12.1 Å². The van der Waals surface area contributed by atoms with Crippen molar-refractivity contribution in [2.45, 2.75) is 12.7 Å². The average molecular weight is 350 g/mol. The molecule has 0 radical (unpaired) electrons. The van der Waals surface area contributed by atoms with E-state index in [1.165, 1.54) is 0 Å². The van der Waals surface area contributed by atoms with E-state index in [9.17, 15) is 9.36 Å². The Morgan fingerprint density at radius 3 is 1.92 bits per heavy atom. The van der Waals surface area contributed by atoms with Crippen LogP contribution in [0.25, 0.3) is 0 Å². The van der Waals surface area contributed by atoms with Crippen LogP contribution in [0, 0.1) is 0 Å². The van der Waals surface area contributed by atoms with Gasteiger partial charge in [0.15, 0.2) is 0 Å². The van der Waals surface area contributed by atoms with Crippen LogP contribution in [0.15, 0.2) is 78.9 Å². The van der Waals surface area contributed by atoms with E-state index >= 15 is 0 Å². The van der Waals surface area contributed by atoms with Crippen LogP contribution in [0.2, 0.25) is 0 Å².